The highest BCUT2D eigenvalue weighted by molar-refractivity contribution is 4.83. The Morgan fingerprint density at radius 3 is 2.92 bits per heavy atom. The average molecular weight is 186 g/mol. The van der Waals surface area contributed by atoms with Crippen molar-refractivity contribution in [1.29, 1.82) is 0 Å². The third-order valence-electron chi connectivity index (χ3n) is 3.07. The normalized spacial score (nSPS) is 26.5. The van der Waals surface area contributed by atoms with E-state index in [0.717, 1.165) is 32.4 Å². The molecule has 78 valence electrons. The van der Waals surface area contributed by atoms with Gasteiger partial charge in [0.25, 0.3) is 0 Å². The van der Waals surface area contributed by atoms with Gasteiger partial charge < -0.3 is 10.8 Å². The summed E-state index contributed by atoms with van der Waals surface area (Å²) in [6.07, 6.45) is 4.59. The molecule has 0 radical (unpaired) electrons. The van der Waals surface area contributed by atoms with E-state index in [2.05, 4.69) is 11.8 Å². The summed E-state index contributed by atoms with van der Waals surface area (Å²) in [6, 6.07) is 0.987. The van der Waals surface area contributed by atoms with Crippen molar-refractivity contribution < 1.29 is 5.11 Å². The second kappa shape index (κ2) is 5.58. The average Bonchev–Trinajstić information content (AvgIpc) is 2.61. The number of hydrogen-bond donors (Lipinski definition) is 2. The van der Waals surface area contributed by atoms with Crippen LogP contribution in [0.25, 0.3) is 0 Å². The molecule has 1 aliphatic heterocycles. The van der Waals surface area contributed by atoms with E-state index in [9.17, 15) is 5.11 Å². The molecule has 0 aliphatic carbocycles. The van der Waals surface area contributed by atoms with Crippen LogP contribution in [0.15, 0.2) is 0 Å². The summed E-state index contributed by atoms with van der Waals surface area (Å²) >= 11 is 0. The van der Waals surface area contributed by atoms with Gasteiger partial charge in [-0.2, -0.15) is 0 Å². The van der Waals surface area contributed by atoms with E-state index >= 15 is 0 Å². The Morgan fingerprint density at radius 2 is 2.38 bits per heavy atom. The highest BCUT2D eigenvalue weighted by atomic mass is 16.3. The first-order valence-electron chi connectivity index (χ1n) is 5.40. The Morgan fingerprint density at radius 1 is 1.62 bits per heavy atom. The topological polar surface area (TPSA) is 49.5 Å². The minimum absolute atomic E-state index is 0.307. The molecule has 1 rings (SSSR count). The van der Waals surface area contributed by atoms with Crippen LogP contribution in [0.2, 0.25) is 0 Å². The van der Waals surface area contributed by atoms with Crippen molar-refractivity contribution in [1.82, 2.24) is 4.90 Å². The van der Waals surface area contributed by atoms with Crippen LogP contribution >= 0.6 is 0 Å². The minimum atomic E-state index is 0.307. The van der Waals surface area contributed by atoms with Gasteiger partial charge in [-0.3, -0.25) is 4.90 Å². The first-order valence-corrected chi connectivity index (χ1v) is 5.40. The van der Waals surface area contributed by atoms with Crippen molar-refractivity contribution in [3.8, 4) is 0 Å². The molecule has 0 aromatic heterocycles. The van der Waals surface area contributed by atoms with Crippen molar-refractivity contribution in [3.05, 3.63) is 0 Å². The molecule has 3 nitrogen and oxygen atoms in total. The molecule has 3 N–H and O–H groups in total. The van der Waals surface area contributed by atoms with Crippen LogP contribution in [0.1, 0.15) is 32.6 Å². The maximum absolute atomic E-state index is 9.18. The molecule has 13 heavy (non-hydrogen) atoms. The van der Waals surface area contributed by atoms with E-state index < -0.39 is 0 Å². The predicted octanol–water partition coefficient (Wildman–Crippen LogP) is 0.571. The van der Waals surface area contributed by atoms with Crippen LogP contribution in [-0.4, -0.2) is 41.8 Å². The van der Waals surface area contributed by atoms with Gasteiger partial charge in [-0.25, -0.2) is 0 Å². The van der Waals surface area contributed by atoms with Gasteiger partial charge in [-0.1, -0.05) is 6.92 Å². The maximum Gasteiger partial charge on any atom is 0.0586 e. The van der Waals surface area contributed by atoms with Gasteiger partial charge in [0.15, 0.2) is 0 Å². The molecule has 0 spiro atoms. The first kappa shape index (κ1) is 11.0. The lowest BCUT2D eigenvalue weighted by atomic mass is 10.1. The van der Waals surface area contributed by atoms with Gasteiger partial charge in [0.2, 0.25) is 0 Å². The van der Waals surface area contributed by atoms with Gasteiger partial charge in [0.05, 0.1) is 6.61 Å². The van der Waals surface area contributed by atoms with Crippen LogP contribution in [-0.2, 0) is 0 Å². The molecule has 1 aliphatic rings. The second-order valence-corrected chi connectivity index (χ2v) is 3.86. The zero-order valence-electron chi connectivity index (χ0n) is 8.58. The molecule has 2 atom stereocenters. The first-order chi connectivity index (χ1) is 6.33. The lowest BCUT2D eigenvalue weighted by Crippen LogP contribution is -2.41. The molecule has 0 aromatic carbocycles. The Balaban J connectivity index is 2.46. The maximum atomic E-state index is 9.18. The summed E-state index contributed by atoms with van der Waals surface area (Å²) < 4.78 is 0. The smallest absolute Gasteiger partial charge is 0.0586 e. The Kier molecular flexibility index (Phi) is 4.70. The van der Waals surface area contributed by atoms with Crippen LogP contribution in [0.4, 0.5) is 0 Å². The van der Waals surface area contributed by atoms with Crippen LogP contribution in [0, 0.1) is 0 Å². The van der Waals surface area contributed by atoms with E-state index in [0.29, 0.717) is 18.7 Å². The zero-order valence-corrected chi connectivity index (χ0v) is 8.58. The molecular weight excluding hydrogens is 164 g/mol. The minimum Gasteiger partial charge on any atom is -0.395 e. The van der Waals surface area contributed by atoms with E-state index in [-0.39, 0.29) is 0 Å². The van der Waals surface area contributed by atoms with E-state index in [1.807, 2.05) is 0 Å². The fourth-order valence-electron chi connectivity index (χ4n) is 2.33. The zero-order chi connectivity index (χ0) is 9.68. The molecule has 3 heteroatoms. The summed E-state index contributed by atoms with van der Waals surface area (Å²) in [5, 5.41) is 9.18. The fourth-order valence-corrected chi connectivity index (χ4v) is 2.33. The Hall–Kier alpha value is -0.120. The second-order valence-electron chi connectivity index (χ2n) is 3.86. The molecule has 2 unspecified atom stereocenters. The van der Waals surface area contributed by atoms with Crippen LogP contribution < -0.4 is 5.73 Å². The van der Waals surface area contributed by atoms with Crippen molar-refractivity contribution in [2.45, 2.75) is 44.7 Å². The highest BCUT2D eigenvalue weighted by Crippen LogP contribution is 2.22. The predicted molar refractivity (Wildman–Crippen MR) is 54.6 cm³/mol. The number of aliphatic hydroxyl groups excluding tert-OH is 1. The molecule has 0 amide bonds. The van der Waals surface area contributed by atoms with Gasteiger partial charge in [0.1, 0.15) is 0 Å². The SMILES string of the molecule is CCC(CCN)N1CCCC1CO. The molecule has 1 saturated heterocycles. The standard InChI is InChI=1S/C10H22N2O/c1-2-9(5-6-11)12-7-3-4-10(12)8-13/h9-10,13H,2-8,11H2,1H3. The van der Waals surface area contributed by atoms with E-state index in [4.69, 9.17) is 5.73 Å². The number of nitrogens with zero attached hydrogens (tertiary/aromatic N) is 1. The summed E-state index contributed by atoms with van der Waals surface area (Å²) in [4.78, 5) is 2.44. The van der Waals surface area contributed by atoms with Crippen LogP contribution in [0.3, 0.4) is 0 Å². The van der Waals surface area contributed by atoms with Gasteiger partial charge in [-0.15, -0.1) is 0 Å². The summed E-state index contributed by atoms with van der Waals surface area (Å²) in [5.74, 6) is 0. The summed E-state index contributed by atoms with van der Waals surface area (Å²) in [5.41, 5.74) is 5.57. The Bertz CT molecular complexity index is 141. The van der Waals surface area contributed by atoms with Crippen molar-refractivity contribution >= 4 is 0 Å². The lowest BCUT2D eigenvalue weighted by molar-refractivity contribution is 0.113. The molecule has 1 fully saturated rings. The number of nitrogens with two attached hydrogens (primary N) is 1. The number of rotatable bonds is 5. The Labute approximate surface area is 80.9 Å². The largest absolute Gasteiger partial charge is 0.395 e. The van der Waals surface area contributed by atoms with Crippen molar-refractivity contribution in [3.63, 3.8) is 0 Å². The number of hydrogen-bond acceptors (Lipinski definition) is 3. The van der Waals surface area contributed by atoms with E-state index in [1.165, 1.54) is 6.42 Å². The van der Waals surface area contributed by atoms with Gasteiger partial charge in [-0.05, 0) is 38.8 Å². The molecule has 0 saturated carbocycles. The third-order valence-corrected chi connectivity index (χ3v) is 3.07. The molecule has 0 bridgehead atoms. The lowest BCUT2D eigenvalue weighted by Gasteiger charge is -2.31. The highest BCUT2D eigenvalue weighted by Gasteiger charge is 2.28. The summed E-state index contributed by atoms with van der Waals surface area (Å²) in [7, 11) is 0. The quantitative estimate of drug-likeness (QED) is 0.660. The summed E-state index contributed by atoms with van der Waals surface area (Å²) in [6.45, 7) is 4.41. The van der Waals surface area contributed by atoms with Gasteiger partial charge in [0, 0.05) is 12.1 Å². The fraction of sp³-hybridized carbons (Fsp3) is 1.00. The number of likely N-dealkylation sites (tertiary alicyclic amines) is 1. The van der Waals surface area contributed by atoms with Crippen molar-refractivity contribution in [2.75, 3.05) is 19.7 Å². The van der Waals surface area contributed by atoms with Crippen molar-refractivity contribution in [2.24, 2.45) is 5.73 Å². The van der Waals surface area contributed by atoms with Gasteiger partial charge >= 0.3 is 0 Å². The van der Waals surface area contributed by atoms with Crippen LogP contribution in [0.5, 0.6) is 0 Å². The number of aliphatic hydroxyl groups is 1. The van der Waals surface area contributed by atoms with E-state index in [1.54, 1.807) is 0 Å². The molecular formula is C10H22N2O. The molecule has 0 aromatic rings. The monoisotopic (exact) mass is 186 g/mol. The third kappa shape index (κ3) is 2.66. The molecule has 1 heterocycles.